The Labute approximate surface area is 64.4 Å². The third-order valence-corrected chi connectivity index (χ3v) is 1.84. The summed E-state index contributed by atoms with van der Waals surface area (Å²) < 4.78 is 0. The van der Waals surface area contributed by atoms with Gasteiger partial charge in [0.1, 0.15) is 0 Å². The lowest BCUT2D eigenvalue weighted by molar-refractivity contribution is -0.257. The normalized spacial score (nSPS) is 23.3. The number of urea groups is 1. The Morgan fingerprint density at radius 1 is 1.45 bits per heavy atom. The number of aliphatic hydroxyl groups is 2. The van der Waals surface area contributed by atoms with Gasteiger partial charge in [-0.15, -0.1) is 0 Å². The van der Waals surface area contributed by atoms with Gasteiger partial charge in [-0.3, -0.25) is 4.90 Å². The summed E-state index contributed by atoms with van der Waals surface area (Å²) in [6, 6.07) is -0.783. The Balaban J connectivity index is 2.67. The van der Waals surface area contributed by atoms with Gasteiger partial charge < -0.3 is 15.9 Å². The predicted octanol–water partition coefficient (Wildman–Crippen LogP) is -0.811. The molecule has 0 bridgehead atoms. The summed E-state index contributed by atoms with van der Waals surface area (Å²) in [6.07, 6.45) is 1.65. The first-order chi connectivity index (χ1) is 5.04. The maximum atomic E-state index is 10.6. The molecule has 5 heteroatoms. The summed E-state index contributed by atoms with van der Waals surface area (Å²) in [5.74, 6) is -2.02. The monoisotopic (exact) mass is 160 g/mol. The molecular formula is C6H12N2O3. The minimum atomic E-state index is -2.02. The van der Waals surface area contributed by atoms with E-state index in [-0.39, 0.29) is 6.42 Å². The van der Waals surface area contributed by atoms with E-state index >= 15 is 0 Å². The summed E-state index contributed by atoms with van der Waals surface area (Å²) in [7, 11) is 0. The summed E-state index contributed by atoms with van der Waals surface area (Å²) in [5.41, 5.74) is 4.91. The zero-order chi connectivity index (χ0) is 8.48. The van der Waals surface area contributed by atoms with E-state index in [1.54, 1.807) is 0 Å². The average Bonchev–Trinajstić information content (AvgIpc) is 1.85. The van der Waals surface area contributed by atoms with Crippen molar-refractivity contribution in [3.63, 3.8) is 0 Å². The number of nitrogens with two attached hydrogens (primary N) is 1. The number of carbonyl (C=O) groups excluding carboxylic acids is 1. The van der Waals surface area contributed by atoms with Gasteiger partial charge >= 0.3 is 6.03 Å². The number of rotatable bonds is 0. The van der Waals surface area contributed by atoms with Crippen LogP contribution < -0.4 is 5.73 Å². The van der Waals surface area contributed by atoms with Crippen LogP contribution in [0.2, 0.25) is 0 Å². The van der Waals surface area contributed by atoms with E-state index in [2.05, 4.69) is 0 Å². The van der Waals surface area contributed by atoms with Crippen molar-refractivity contribution in [2.24, 2.45) is 5.73 Å². The van der Waals surface area contributed by atoms with Gasteiger partial charge in [0.15, 0.2) is 0 Å². The Bertz CT molecular complexity index is 169. The molecule has 0 aliphatic carbocycles. The fraction of sp³-hybridized carbons (Fsp3) is 0.833. The van der Waals surface area contributed by atoms with Crippen molar-refractivity contribution in [3.05, 3.63) is 0 Å². The van der Waals surface area contributed by atoms with Crippen LogP contribution in [0.4, 0.5) is 4.79 Å². The molecule has 0 aromatic carbocycles. The summed E-state index contributed by atoms with van der Waals surface area (Å²) in [4.78, 5) is 11.5. The molecule has 1 heterocycles. The van der Waals surface area contributed by atoms with E-state index in [0.29, 0.717) is 13.0 Å². The molecule has 1 saturated heterocycles. The van der Waals surface area contributed by atoms with Crippen molar-refractivity contribution in [1.29, 1.82) is 0 Å². The molecule has 0 spiro atoms. The van der Waals surface area contributed by atoms with E-state index in [4.69, 9.17) is 5.73 Å². The van der Waals surface area contributed by atoms with Crippen LogP contribution in [0.15, 0.2) is 0 Å². The number of primary amides is 1. The smallest absolute Gasteiger partial charge is 0.318 e. The molecular weight excluding hydrogens is 148 g/mol. The van der Waals surface area contributed by atoms with Crippen molar-refractivity contribution in [1.82, 2.24) is 4.90 Å². The van der Waals surface area contributed by atoms with Gasteiger partial charge in [-0.2, -0.15) is 0 Å². The molecule has 0 aromatic rings. The number of hydrogen-bond acceptors (Lipinski definition) is 3. The van der Waals surface area contributed by atoms with Gasteiger partial charge in [0.2, 0.25) is 5.91 Å². The molecule has 64 valence electrons. The third-order valence-electron chi connectivity index (χ3n) is 1.84. The first kappa shape index (κ1) is 8.29. The number of nitrogens with zero attached hydrogens (tertiary/aromatic N) is 1. The molecule has 0 radical (unpaired) electrons. The van der Waals surface area contributed by atoms with Crippen LogP contribution in [0.25, 0.3) is 0 Å². The topological polar surface area (TPSA) is 86.8 Å². The van der Waals surface area contributed by atoms with Crippen LogP contribution >= 0.6 is 0 Å². The third kappa shape index (κ3) is 1.61. The highest BCUT2D eigenvalue weighted by atomic mass is 16.5. The van der Waals surface area contributed by atoms with Crippen molar-refractivity contribution in [3.8, 4) is 0 Å². The maximum absolute atomic E-state index is 10.6. The fourth-order valence-corrected chi connectivity index (χ4v) is 1.23. The van der Waals surface area contributed by atoms with Crippen LogP contribution in [-0.2, 0) is 0 Å². The molecule has 1 aliphatic heterocycles. The van der Waals surface area contributed by atoms with E-state index in [1.165, 1.54) is 0 Å². The highest BCUT2D eigenvalue weighted by Crippen LogP contribution is 2.22. The maximum Gasteiger partial charge on any atom is 0.318 e. The minimum Gasteiger partial charge on any atom is -0.351 e. The van der Waals surface area contributed by atoms with Gasteiger partial charge in [0.05, 0.1) is 0 Å². The van der Waals surface area contributed by atoms with Gasteiger partial charge in [-0.1, -0.05) is 0 Å². The van der Waals surface area contributed by atoms with Crippen LogP contribution in [0, 0.1) is 0 Å². The van der Waals surface area contributed by atoms with Crippen molar-refractivity contribution < 1.29 is 15.0 Å². The Morgan fingerprint density at radius 2 is 2.09 bits per heavy atom. The summed E-state index contributed by atoms with van der Waals surface area (Å²) in [6.45, 7) is 0.322. The first-order valence-electron chi connectivity index (χ1n) is 3.56. The second-order valence-corrected chi connectivity index (χ2v) is 2.72. The zero-order valence-corrected chi connectivity index (χ0v) is 6.16. The second kappa shape index (κ2) is 2.67. The molecule has 0 unspecified atom stereocenters. The highest BCUT2D eigenvalue weighted by Gasteiger charge is 2.36. The van der Waals surface area contributed by atoms with Gasteiger partial charge in [0.25, 0.3) is 0 Å². The number of carbonyl (C=O) groups is 1. The quantitative estimate of drug-likeness (QED) is 0.405. The molecule has 1 fully saturated rings. The first-order valence-corrected chi connectivity index (χ1v) is 3.56. The zero-order valence-electron chi connectivity index (χ0n) is 6.16. The van der Waals surface area contributed by atoms with E-state index in [9.17, 15) is 15.0 Å². The molecule has 0 atom stereocenters. The Hall–Kier alpha value is -0.810. The fourth-order valence-electron chi connectivity index (χ4n) is 1.23. The standard InChI is InChI=1S/C6H12N2O3/c7-5(9)8-4-2-1-3-6(8,10)11/h10-11H,1-4H2,(H2,7,9). The van der Waals surface area contributed by atoms with E-state index < -0.39 is 11.9 Å². The molecule has 0 saturated carbocycles. The van der Waals surface area contributed by atoms with Gasteiger partial charge in [-0.05, 0) is 12.8 Å². The summed E-state index contributed by atoms with van der Waals surface area (Å²) in [5, 5.41) is 18.4. The SMILES string of the molecule is NC(=O)N1CCCCC1(O)O. The lowest BCUT2D eigenvalue weighted by atomic mass is 10.1. The average molecular weight is 160 g/mol. The lowest BCUT2D eigenvalue weighted by Gasteiger charge is -2.37. The lowest BCUT2D eigenvalue weighted by Crippen LogP contribution is -2.56. The van der Waals surface area contributed by atoms with Crippen molar-refractivity contribution in [2.45, 2.75) is 25.2 Å². The highest BCUT2D eigenvalue weighted by molar-refractivity contribution is 5.72. The molecule has 5 nitrogen and oxygen atoms in total. The molecule has 11 heavy (non-hydrogen) atoms. The van der Waals surface area contributed by atoms with E-state index in [1.807, 2.05) is 0 Å². The number of likely N-dealkylation sites (tertiary alicyclic amines) is 1. The molecule has 4 N–H and O–H groups in total. The molecule has 0 aromatic heterocycles. The predicted molar refractivity (Wildman–Crippen MR) is 37.3 cm³/mol. The number of amides is 2. The van der Waals surface area contributed by atoms with Crippen LogP contribution in [0.3, 0.4) is 0 Å². The number of hydrogen-bond donors (Lipinski definition) is 3. The summed E-state index contributed by atoms with van der Waals surface area (Å²) >= 11 is 0. The minimum absolute atomic E-state index is 0.177. The second-order valence-electron chi connectivity index (χ2n) is 2.72. The van der Waals surface area contributed by atoms with Gasteiger partial charge in [0, 0.05) is 13.0 Å². The van der Waals surface area contributed by atoms with E-state index in [0.717, 1.165) is 11.3 Å². The van der Waals surface area contributed by atoms with Gasteiger partial charge in [-0.25, -0.2) is 4.79 Å². The van der Waals surface area contributed by atoms with Crippen molar-refractivity contribution >= 4 is 6.03 Å². The Morgan fingerprint density at radius 3 is 2.45 bits per heavy atom. The van der Waals surface area contributed by atoms with Crippen LogP contribution in [0.1, 0.15) is 19.3 Å². The largest absolute Gasteiger partial charge is 0.351 e. The molecule has 2 amide bonds. The van der Waals surface area contributed by atoms with Crippen LogP contribution in [-0.4, -0.2) is 33.6 Å². The van der Waals surface area contributed by atoms with Crippen molar-refractivity contribution in [2.75, 3.05) is 6.54 Å². The molecule has 1 rings (SSSR count). The number of piperidine rings is 1. The van der Waals surface area contributed by atoms with Crippen LogP contribution in [0.5, 0.6) is 0 Å². The Kier molecular flexibility index (Phi) is 2.01. The molecule has 1 aliphatic rings.